The molecule has 4 N–H and O–H groups in total. The highest BCUT2D eigenvalue weighted by Gasteiger charge is 2.43. The largest absolute Gasteiger partial charge is 0.369 e. The van der Waals surface area contributed by atoms with Gasteiger partial charge in [-0.15, -0.1) is 0 Å². The average Bonchev–Trinajstić information content (AvgIpc) is 2.57. The molecule has 7 heteroatoms. The molecule has 0 bridgehead atoms. The Morgan fingerprint density at radius 1 is 1.08 bits per heavy atom. The summed E-state index contributed by atoms with van der Waals surface area (Å²) in [6, 6.07) is 7.69. The number of rotatable bonds is 1. The van der Waals surface area contributed by atoms with Crippen LogP contribution in [0, 0.1) is 0 Å². The lowest BCUT2D eigenvalue weighted by Crippen LogP contribution is -2.58. The first-order valence-corrected chi connectivity index (χ1v) is 8.51. The molecule has 2 heterocycles. The van der Waals surface area contributed by atoms with Gasteiger partial charge in [-0.3, -0.25) is 9.88 Å². The van der Waals surface area contributed by atoms with Crippen molar-refractivity contribution in [2.24, 2.45) is 21.5 Å². The van der Waals surface area contributed by atoms with Crippen LogP contribution in [-0.2, 0) is 0 Å². The fourth-order valence-electron chi connectivity index (χ4n) is 3.79. The number of pyridine rings is 1. The molecule has 124 valence electrons. The molecule has 4 rings (SSSR count). The van der Waals surface area contributed by atoms with Gasteiger partial charge in [0.1, 0.15) is 5.66 Å². The van der Waals surface area contributed by atoms with Gasteiger partial charge in [0.15, 0.2) is 0 Å². The van der Waals surface area contributed by atoms with E-state index in [1.54, 1.807) is 6.20 Å². The van der Waals surface area contributed by atoms with Gasteiger partial charge in [-0.05, 0) is 49.9 Å². The third kappa shape index (κ3) is 2.29. The summed E-state index contributed by atoms with van der Waals surface area (Å²) in [7, 11) is 0. The van der Waals surface area contributed by atoms with Crippen molar-refractivity contribution in [1.29, 1.82) is 0 Å². The minimum atomic E-state index is -0.467. The minimum Gasteiger partial charge on any atom is -0.369 e. The Morgan fingerprint density at radius 3 is 2.67 bits per heavy atom. The van der Waals surface area contributed by atoms with Crippen LogP contribution in [0.5, 0.6) is 0 Å². The Hall–Kier alpha value is -2.34. The summed E-state index contributed by atoms with van der Waals surface area (Å²) in [6.07, 6.45) is 6.90. The first-order chi connectivity index (χ1) is 11.6. The zero-order valence-corrected chi connectivity index (χ0v) is 14.0. The van der Waals surface area contributed by atoms with Crippen molar-refractivity contribution in [2.45, 2.75) is 37.8 Å². The van der Waals surface area contributed by atoms with Gasteiger partial charge in [0.2, 0.25) is 11.9 Å². The van der Waals surface area contributed by atoms with Crippen LogP contribution < -0.4 is 16.4 Å². The van der Waals surface area contributed by atoms with Crippen molar-refractivity contribution in [3.63, 3.8) is 0 Å². The average molecular weight is 343 g/mol. The van der Waals surface area contributed by atoms with Gasteiger partial charge in [0.25, 0.3) is 0 Å². The summed E-state index contributed by atoms with van der Waals surface area (Å²) in [6.45, 7) is 0. The van der Waals surface area contributed by atoms with E-state index < -0.39 is 5.66 Å². The standard InChI is InChI=1S/C17H19ClN6/c18-12-6-7-13(11-5-4-10-21-14(11)12)24-16(20)22-15(19)23-17(24)8-2-1-3-9-17/h4-7,10H,1-3,8-9H2,(H4,19,20,22,23). The Balaban J connectivity index is 1.94. The van der Waals surface area contributed by atoms with Crippen LogP contribution in [0.4, 0.5) is 5.69 Å². The maximum absolute atomic E-state index is 6.31. The van der Waals surface area contributed by atoms with Gasteiger partial charge in [0.05, 0.1) is 16.2 Å². The Labute approximate surface area is 145 Å². The van der Waals surface area contributed by atoms with Gasteiger partial charge in [-0.25, -0.2) is 4.99 Å². The van der Waals surface area contributed by atoms with Crippen LogP contribution in [0.25, 0.3) is 10.9 Å². The number of fused-ring (bicyclic) bond motifs is 1. The molecule has 24 heavy (non-hydrogen) atoms. The van der Waals surface area contributed by atoms with E-state index in [2.05, 4.69) is 9.98 Å². The van der Waals surface area contributed by atoms with Crippen LogP contribution >= 0.6 is 11.6 Å². The number of guanidine groups is 2. The highest BCUT2D eigenvalue weighted by atomic mass is 35.5. The maximum atomic E-state index is 6.31. The van der Waals surface area contributed by atoms with E-state index in [-0.39, 0.29) is 5.96 Å². The van der Waals surface area contributed by atoms with E-state index in [9.17, 15) is 0 Å². The van der Waals surface area contributed by atoms with E-state index in [4.69, 9.17) is 28.1 Å². The predicted octanol–water partition coefficient (Wildman–Crippen LogP) is 3.00. The molecule has 0 unspecified atom stereocenters. The Kier molecular flexibility index (Phi) is 3.57. The molecule has 1 spiro atoms. The highest BCUT2D eigenvalue weighted by molar-refractivity contribution is 6.35. The van der Waals surface area contributed by atoms with Crippen LogP contribution in [0.2, 0.25) is 5.02 Å². The summed E-state index contributed by atoms with van der Waals surface area (Å²) in [4.78, 5) is 15.4. The van der Waals surface area contributed by atoms with E-state index in [0.29, 0.717) is 11.0 Å². The molecule has 1 fully saturated rings. The topological polar surface area (TPSA) is 92.9 Å². The summed E-state index contributed by atoms with van der Waals surface area (Å²) in [5.41, 5.74) is 13.4. The maximum Gasteiger partial charge on any atom is 0.220 e. The zero-order valence-electron chi connectivity index (χ0n) is 13.2. The molecular formula is C17H19ClN6. The third-order valence-electron chi connectivity index (χ3n) is 4.79. The molecule has 1 saturated carbocycles. The molecular weight excluding hydrogens is 324 g/mol. The van der Waals surface area contributed by atoms with Gasteiger partial charge >= 0.3 is 0 Å². The van der Waals surface area contributed by atoms with Crippen molar-refractivity contribution < 1.29 is 0 Å². The van der Waals surface area contributed by atoms with Crippen LogP contribution in [-0.4, -0.2) is 22.6 Å². The highest BCUT2D eigenvalue weighted by Crippen LogP contribution is 2.42. The normalized spacial score (nSPS) is 20.1. The summed E-state index contributed by atoms with van der Waals surface area (Å²) in [5.74, 6) is 0.624. The van der Waals surface area contributed by atoms with Crippen molar-refractivity contribution in [3.8, 4) is 0 Å². The number of benzene rings is 1. The smallest absolute Gasteiger partial charge is 0.220 e. The second kappa shape index (κ2) is 5.63. The number of hydrogen-bond acceptors (Lipinski definition) is 6. The van der Waals surface area contributed by atoms with Crippen LogP contribution in [0.1, 0.15) is 32.1 Å². The predicted molar refractivity (Wildman–Crippen MR) is 98.3 cm³/mol. The lowest BCUT2D eigenvalue weighted by Gasteiger charge is -2.46. The molecule has 2 aliphatic rings. The number of halogens is 1. The first kappa shape index (κ1) is 15.2. The quantitative estimate of drug-likeness (QED) is 0.833. The second-order valence-electron chi connectivity index (χ2n) is 6.28. The molecule has 6 nitrogen and oxygen atoms in total. The van der Waals surface area contributed by atoms with Crippen molar-refractivity contribution >= 4 is 40.1 Å². The van der Waals surface area contributed by atoms with Gasteiger partial charge in [-0.2, -0.15) is 4.99 Å². The molecule has 0 saturated heterocycles. The van der Waals surface area contributed by atoms with Crippen molar-refractivity contribution in [1.82, 2.24) is 4.98 Å². The van der Waals surface area contributed by atoms with Gasteiger partial charge in [-0.1, -0.05) is 18.0 Å². The van der Waals surface area contributed by atoms with Gasteiger partial charge < -0.3 is 11.5 Å². The van der Waals surface area contributed by atoms with E-state index >= 15 is 0 Å². The number of hydrogen-bond donors (Lipinski definition) is 2. The summed E-state index contributed by atoms with van der Waals surface area (Å²) >= 11 is 6.31. The van der Waals surface area contributed by atoms with Crippen LogP contribution in [0.3, 0.4) is 0 Å². The van der Waals surface area contributed by atoms with E-state index in [0.717, 1.165) is 42.3 Å². The number of aliphatic imine (C=N–C) groups is 2. The molecule has 1 aliphatic heterocycles. The van der Waals surface area contributed by atoms with E-state index in [1.807, 2.05) is 29.2 Å². The fourth-order valence-corrected chi connectivity index (χ4v) is 4.00. The van der Waals surface area contributed by atoms with Crippen LogP contribution in [0.15, 0.2) is 40.4 Å². The molecule has 0 atom stereocenters. The molecule has 0 amide bonds. The SMILES string of the molecule is NC1=NC2(CCCCC2)N(c2ccc(Cl)c3ncccc23)C(N)=N1. The summed E-state index contributed by atoms with van der Waals surface area (Å²) < 4.78 is 0. The molecule has 0 radical (unpaired) electrons. The fraction of sp³-hybridized carbons (Fsp3) is 0.353. The van der Waals surface area contributed by atoms with Gasteiger partial charge in [0, 0.05) is 11.6 Å². The number of nitrogens with zero attached hydrogens (tertiary/aromatic N) is 4. The number of anilines is 1. The lowest BCUT2D eigenvalue weighted by atomic mass is 9.87. The summed E-state index contributed by atoms with van der Waals surface area (Å²) in [5, 5.41) is 1.55. The van der Waals surface area contributed by atoms with E-state index in [1.165, 1.54) is 6.42 Å². The monoisotopic (exact) mass is 342 g/mol. The minimum absolute atomic E-state index is 0.252. The molecule has 2 aromatic rings. The molecule has 1 aromatic heterocycles. The third-order valence-corrected chi connectivity index (χ3v) is 5.09. The first-order valence-electron chi connectivity index (χ1n) is 8.14. The Morgan fingerprint density at radius 2 is 1.88 bits per heavy atom. The van der Waals surface area contributed by atoms with Crippen molar-refractivity contribution in [2.75, 3.05) is 4.90 Å². The molecule has 1 aliphatic carbocycles. The van der Waals surface area contributed by atoms with Crippen molar-refractivity contribution in [3.05, 3.63) is 35.5 Å². The zero-order chi connectivity index (χ0) is 16.7. The number of aromatic nitrogens is 1. The Bertz CT molecular complexity index is 853. The second-order valence-corrected chi connectivity index (χ2v) is 6.69. The lowest BCUT2D eigenvalue weighted by molar-refractivity contribution is 0.306. The molecule has 1 aromatic carbocycles. The number of nitrogens with two attached hydrogens (primary N) is 2.